The molecule has 0 spiro atoms. The standard InChI is InChI=1S/C20H24N2O3/c1-22(16-6-3-2-4-7-16)20(24)8-5-13-25-17-10-11-18-15(14-17)9-12-19(23)21-18/h5,8-12,14,16H,2-4,6-7,13H2,1H3,(H,21,23). The number of carbonyl (C=O) groups excluding carboxylic acids is 1. The summed E-state index contributed by atoms with van der Waals surface area (Å²) in [6.45, 7) is 0.332. The lowest BCUT2D eigenvalue weighted by molar-refractivity contribution is -0.127. The Morgan fingerprint density at radius 3 is 2.84 bits per heavy atom. The monoisotopic (exact) mass is 340 g/mol. The predicted molar refractivity (Wildman–Crippen MR) is 98.8 cm³/mol. The zero-order chi connectivity index (χ0) is 17.6. The summed E-state index contributed by atoms with van der Waals surface area (Å²) < 4.78 is 5.67. The molecule has 1 aliphatic carbocycles. The molecule has 1 saturated carbocycles. The van der Waals surface area contributed by atoms with E-state index in [2.05, 4.69) is 4.98 Å². The highest BCUT2D eigenvalue weighted by Gasteiger charge is 2.20. The quantitative estimate of drug-likeness (QED) is 0.850. The van der Waals surface area contributed by atoms with E-state index in [1.54, 1.807) is 18.2 Å². The number of likely N-dealkylation sites (N-methyl/N-ethyl adjacent to an activating group) is 1. The number of H-pyrrole nitrogens is 1. The summed E-state index contributed by atoms with van der Waals surface area (Å²) in [4.78, 5) is 28.1. The number of hydrogen-bond acceptors (Lipinski definition) is 3. The maximum Gasteiger partial charge on any atom is 0.248 e. The second-order valence-corrected chi connectivity index (χ2v) is 6.53. The molecule has 1 aliphatic rings. The van der Waals surface area contributed by atoms with Crippen LogP contribution in [0.5, 0.6) is 5.75 Å². The highest BCUT2D eigenvalue weighted by molar-refractivity contribution is 5.87. The largest absolute Gasteiger partial charge is 0.490 e. The number of aromatic nitrogens is 1. The molecule has 0 saturated heterocycles. The molecule has 1 amide bonds. The summed E-state index contributed by atoms with van der Waals surface area (Å²) in [6.07, 6.45) is 9.25. The van der Waals surface area contributed by atoms with Crippen LogP contribution in [-0.2, 0) is 4.79 Å². The van der Waals surface area contributed by atoms with Crippen molar-refractivity contribution in [3.05, 3.63) is 52.8 Å². The number of fused-ring (bicyclic) bond motifs is 1. The Labute approximate surface area is 147 Å². The topological polar surface area (TPSA) is 62.4 Å². The first-order valence-electron chi connectivity index (χ1n) is 8.83. The molecule has 5 heteroatoms. The molecular formula is C20H24N2O3. The van der Waals surface area contributed by atoms with E-state index in [0.29, 0.717) is 18.4 Å². The van der Waals surface area contributed by atoms with Gasteiger partial charge in [0.1, 0.15) is 12.4 Å². The summed E-state index contributed by atoms with van der Waals surface area (Å²) in [5.41, 5.74) is 0.657. The van der Waals surface area contributed by atoms with E-state index in [9.17, 15) is 9.59 Å². The zero-order valence-electron chi connectivity index (χ0n) is 14.5. The maximum atomic E-state index is 12.2. The number of aromatic amines is 1. The summed E-state index contributed by atoms with van der Waals surface area (Å²) in [5, 5.41) is 0.911. The van der Waals surface area contributed by atoms with Gasteiger partial charge in [-0.3, -0.25) is 9.59 Å². The third-order valence-electron chi connectivity index (χ3n) is 4.77. The molecule has 0 bridgehead atoms. The molecule has 1 aromatic carbocycles. The average Bonchev–Trinajstić information content (AvgIpc) is 2.65. The number of benzene rings is 1. The van der Waals surface area contributed by atoms with Crippen LogP contribution in [0.15, 0.2) is 47.3 Å². The fraction of sp³-hybridized carbons (Fsp3) is 0.400. The second kappa shape index (κ2) is 8.01. The van der Waals surface area contributed by atoms with Gasteiger partial charge in [0.2, 0.25) is 11.5 Å². The van der Waals surface area contributed by atoms with Crippen LogP contribution in [0, 0.1) is 0 Å². The van der Waals surface area contributed by atoms with E-state index < -0.39 is 0 Å². The van der Waals surface area contributed by atoms with Gasteiger partial charge in [0.25, 0.3) is 0 Å². The van der Waals surface area contributed by atoms with Crippen LogP contribution >= 0.6 is 0 Å². The average molecular weight is 340 g/mol. The van der Waals surface area contributed by atoms with Crippen LogP contribution in [0.1, 0.15) is 32.1 Å². The fourth-order valence-corrected chi connectivity index (χ4v) is 3.28. The predicted octanol–water partition coefficient (Wildman–Crippen LogP) is 3.25. The molecule has 1 aromatic heterocycles. The summed E-state index contributed by atoms with van der Waals surface area (Å²) in [6, 6.07) is 9.12. The minimum atomic E-state index is -0.121. The molecule has 0 radical (unpaired) electrons. The van der Waals surface area contributed by atoms with Gasteiger partial charge < -0.3 is 14.6 Å². The van der Waals surface area contributed by atoms with Crippen molar-refractivity contribution in [3.63, 3.8) is 0 Å². The van der Waals surface area contributed by atoms with E-state index in [0.717, 1.165) is 23.7 Å². The number of amides is 1. The molecule has 0 atom stereocenters. The number of rotatable bonds is 5. The zero-order valence-corrected chi connectivity index (χ0v) is 14.5. The van der Waals surface area contributed by atoms with Crippen molar-refractivity contribution in [2.24, 2.45) is 0 Å². The number of nitrogens with one attached hydrogen (secondary N) is 1. The smallest absolute Gasteiger partial charge is 0.248 e. The van der Waals surface area contributed by atoms with Crippen LogP contribution in [0.2, 0.25) is 0 Å². The number of pyridine rings is 1. The van der Waals surface area contributed by atoms with Gasteiger partial charge in [-0.1, -0.05) is 19.3 Å². The molecular weight excluding hydrogens is 316 g/mol. The van der Waals surface area contributed by atoms with E-state index >= 15 is 0 Å². The normalized spacial score (nSPS) is 15.6. The Morgan fingerprint density at radius 2 is 2.04 bits per heavy atom. The van der Waals surface area contributed by atoms with Crippen molar-refractivity contribution in [2.75, 3.05) is 13.7 Å². The van der Waals surface area contributed by atoms with E-state index in [1.807, 2.05) is 30.1 Å². The Hall–Kier alpha value is -2.56. The Bertz CT molecular complexity index is 819. The minimum Gasteiger partial charge on any atom is -0.490 e. The highest BCUT2D eigenvalue weighted by Crippen LogP contribution is 2.22. The van der Waals surface area contributed by atoms with Crippen molar-refractivity contribution < 1.29 is 9.53 Å². The first-order chi connectivity index (χ1) is 12.1. The molecule has 2 aromatic rings. The van der Waals surface area contributed by atoms with Crippen molar-refractivity contribution in [3.8, 4) is 5.75 Å². The number of carbonyl (C=O) groups is 1. The van der Waals surface area contributed by atoms with Crippen LogP contribution in [0.25, 0.3) is 10.9 Å². The molecule has 5 nitrogen and oxygen atoms in total. The molecule has 25 heavy (non-hydrogen) atoms. The first kappa shape index (κ1) is 17.3. The maximum absolute atomic E-state index is 12.2. The summed E-state index contributed by atoms with van der Waals surface area (Å²) >= 11 is 0. The minimum absolute atomic E-state index is 0.0339. The summed E-state index contributed by atoms with van der Waals surface area (Å²) in [5.74, 6) is 0.740. The Morgan fingerprint density at radius 1 is 1.24 bits per heavy atom. The molecule has 1 fully saturated rings. The Kier molecular flexibility index (Phi) is 5.53. The fourth-order valence-electron chi connectivity index (χ4n) is 3.28. The SMILES string of the molecule is CN(C(=O)C=CCOc1ccc2[nH]c(=O)ccc2c1)C1CCCCC1. The van der Waals surface area contributed by atoms with E-state index in [-0.39, 0.29) is 11.5 Å². The lowest BCUT2D eigenvalue weighted by Gasteiger charge is -2.30. The summed E-state index contributed by atoms with van der Waals surface area (Å²) in [7, 11) is 1.88. The lowest BCUT2D eigenvalue weighted by atomic mass is 9.94. The Balaban J connectivity index is 1.53. The first-order valence-corrected chi connectivity index (χ1v) is 8.83. The molecule has 0 unspecified atom stereocenters. The van der Waals surface area contributed by atoms with Crippen molar-refractivity contribution in [1.82, 2.24) is 9.88 Å². The van der Waals surface area contributed by atoms with E-state index in [1.165, 1.54) is 25.3 Å². The molecule has 132 valence electrons. The third-order valence-corrected chi connectivity index (χ3v) is 4.77. The third kappa shape index (κ3) is 4.50. The van der Waals surface area contributed by atoms with Crippen molar-refractivity contribution in [2.45, 2.75) is 38.1 Å². The van der Waals surface area contributed by atoms with Crippen LogP contribution < -0.4 is 10.3 Å². The van der Waals surface area contributed by atoms with Crippen molar-refractivity contribution in [1.29, 1.82) is 0 Å². The van der Waals surface area contributed by atoms with Gasteiger partial charge in [-0.05, 0) is 43.2 Å². The van der Waals surface area contributed by atoms with Gasteiger partial charge in [-0.2, -0.15) is 0 Å². The van der Waals surface area contributed by atoms with Crippen LogP contribution in [-0.4, -0.2) is 35.5 Å². The lowest BCUT2D eigenvalue weighted by Crippen LogP contribution is -2.37. The van der Waals surface area contributed by atoms with Gasteiger partial charge in [0.05, 0.1) is 0 Å². The van der Waals surface area contributed by atoms with Crippen LogP contribution in [0.4, 0.5) is 0 Å². The van der Waals surface area contributed by atoms with Gasteiger partial charge in [0, 0.05) is 36.1 Å². The van der Waals surface area contributed by atoms with Gasteiger partial charge in [0.15, 0.2) is 0 Å². The molecule has 1 heterocycles. The number of nitrogens with zero attached hydrogens (tertiary/aromatic N) is 1. The molecule has 1 N–H and O–H groups in total. The van der Waals surface area contributed by atoms with Gasteiger partial charge in [-0.25, -0.2) is 0 Å². The van der Waals surface area contributed by atoms with Crippen LogP contribution in [0.3, 0.4) is 0 Å². The number of ether oxygens (including phenoxy) is 1. The van der Waals surface area contributed by atoms with Gasteiger partial charge >= 0.3 is 0 Å². The van der Waals surface area contributed by atoms with E-state index in [4.69, 9.17) is 4.74 Å². The second-order valence-electron chi connectivity index (χ2n) is 6.53. The molecule has 3 rings (SSSR count). The number of hydrogen-bond donors (Lipinski definition) is 1. The molecule has 0 aliphatic heterocycles. The highest BCUT2D eigenvalue weighted by atomic mass is 16.5. The van der Waals surface area contributed by atoms with Crippen molar-refractivity contribution >= 4 is 16.8 Å². The van der Waals surface area contributed by atoms with Gasteiger partial charge in [-0.15, -0.1) is 0 Å².